The Kier molecular flexibility index (Phi) is 3.51. The van der Waals surface area contributed by atoms with Crippen molar-refractivity contribution in [2.75, 3.05) is 13.2 Å². The van der Waals surface area contributed by atoms with Gasteiger partial charge >= 0.3 is 0 Å². The first kappa shape index (κ1) is 10.3. The maximum absolute atomic E-state index is 8.61. The Morgan fingerprint density at radius 3 is 2.62 bits per heavy atom. The van der Waals surface area contributed by atoms with Crippen molar-refractivity contribution in [1.82, 2.24) is 9.88 Å². The van der Waals surface area contributed by atoms with Crippen LogP contribution in [0.2, 0.25) is 0 Å². The van der Waals surface area contributed by atoms with E-state index in [-0.39, 0.29) is 6.61 Å². The second kappa shape index (κ2) is 4.44. The van der Waals surface area contributed by atoms with E-state index in [4.69, 9.17) is 5.11 Å². The molecule has 0 bridgehead atoms. The Morgan fingerprint density at radius 2 is 2.15 bits per heavy atom. The van der Waals surface area contributed by atoms with Gasteiger partial charge in [0.25, 0.3) is 0 Å². The predicted octanol–water partition coefficient (Wildman–Crippen LogP) is 0.724. The predicted molar refractivity (Wildman–Crippen MR) is 53.7 cm³/mol. The van der Waals surface area contributed by atoms with E-state index in [0.29, 0.717) is 6.54 Å². The van der Waals surface area contributed by atoms with Gasteiger partial charge in [-0.25, -0.2) is 0 Å². The molecule has 0 atom stereocenters. The van der Waals surface area contributed by atoms with Crippen LogP contribution in [0.1, 0.15) is 17.0 Å². The zero-order valence-corrected chi connectivity index (χ0v) is 8.59. The Balaban J connectivity index is 2.61. The van der Waals surface area contributed by atoms with Gasteiger partial charge in [0, 0.05) is 31.5 Å². The quantitative estimate of drug-likeness (QED) is 0.673. The van der Waals surface area contributed by atoms with Crippen molar-refractivity contribution in [3.8, 4) is 0 Å². The summed E-state index contributed by atoms with van der Waals surface area (Å²) >= 11 is 0. The summed E-state index contributed by atoms with van der Waals surface area (Å²) in [4.78, 5) is 0. The third kappa shape index (κ3) is 2.32. The molecule has 0 unspecified atom stereocenters. The largest absolute Gasteiger partial charge is 0.395 e. The summed E-state index contributed by atoms with van der Waals surface area (Å²) < 4.78 is 2.18. The van der Waals surface area contributed by atoms with Gasteiger partial charge in [0.15, 0.2) is 0 Å². The van der Waals surface area contributed by atoms with Crippen LogP contribution < -0.4 is 5.32 Å². The van der Waals surface area contributed by atoms with Gasteiger partial charge in [0.2, 0.25) is 0 Å². The first-order valence-corrected chi connectivity index (χ1v) is 4.60. The van der Waals surface area contributed by atoms with E-state index in [2.05, 4.69) is 36.8 Å². The molecule has 1 aromatic rings. The number of hydrogen-bond acceptors (Lipinski definition) is 2. The fourth-order valence-electron chi connectivity index (χ4n) is 1.41. The molecule has 0 fully saturated rings. The zero-order valence-electron chi connectivity index (χ0n) is 8.59. The molecule has 0 aliphatic heterocycles. The van der Waals surface area contributed by atoms with E-state index in [0.717, 1.165) is 6.54 Å². The van der Waals surface area contributed by atoms with Crippen LogP contribution in [0.5, 0.6) is 0 Å². The molecular weight excluding hydrogens is 164 g/mol. The van der Waals surface area contributed by atoms with Gasteiger partial charge in [0.1, 0.15) is 0 Å². The molecule has 1 rings (SSSR count). The van der Waals surface area contributed by atoms with Crippen LogP contribution in [0, 0.1) is 13.8 Å². The molecule has 0 aliphatic carbocycles. The molecule has 1 heterocycles. The van der Waals surface area contributed by atoms with Crippen LogP contribution >= 0.6 is 0 Å². The van der Waals surface area contributed by atoms with E-state index in [9.17, 15) is 0 Å². The lowest BCUT2D eigenvalue weighted by atomic mass is 10.2. The molecule has 0 saturated heterocycles. The van der Waals surface area contributed by atoms with Crippen LogP contribution in [0.3, 0.4) is 0 Å². The molecule has 13 heavy (non-hydrogen) atoms. The molecule has 74 valence electrons. The molecular formula is C10H18N2O. The molecule has 0 spiro atoms. The lowest BCUT2D eigenvalue weighted by Gasteiger charge is -2.03. The van der Waals surface area contributed by atoms with Crippen LogP contribution in [-0.2, 0) is 13.6 Å². The number of rotatable bonds is 4. The maximum atomic E-state index is 8.61. The smallest absolute Gasteiger partial charge is 0.0556 e. The van der Waals surface area contributed by atoms with Gasteiger partial charge in [-0.15, -0.1) is 0 Å². The van der Waals surface area contributed by atoms with Gasteiger partial charge in [-0.1, -0.05) is 0 Å². The second-order valence-electron chi connectivity index (χ2n) is 3.36. The molecule has 0 amide bonds. The molecule has 3 nitrogen and oxygen atoms in total. The molecule has 0 aromatic carbocycles. The summed E-state index contributed by atoms with van der Waals surface area (Å²) in [6.07, 6.45) is 0. The number of hydrogen-bond donors (Lipinski definition) is 2. The number of aromatic nitrogens is 1. The lowest BCUT2D eigenvalue weighted by molar-refractivity contribution is 0.292. The minimum atomic E-state index is 0.199. The first-order chi connectivity index (χ1) is 6.16. The van der Waals surface area contributed by atoms with Crippen molar-refractivity contribution in [1.29, 1.82) is 0 Å². The number of aliphatic hydroxyl groups excluding tert-OH is 1. The van der Waals surface area contributed by atoms with E-state index < -0.39 is 0 Å². The van der Waals surface area contributed by atoms with E-state index in [1.54, 1.807) is 0 Å². The highest BCUT2D eigenvalue weighted by Crippen LogP contribution is 2.12. The summed E-state index contributed by atoms with van der Waals surface area (Å²) in [6, 6.07) is 2.18. The van der Waals surface area contributed by atoms with Gasteiger partial charge in [-0.05, 0) is 25.5 Å². The van der Waals surface area contributed by atoms with Crippen LogP contribution in [-0.4, -0.2) is 22.8 Å². The van der Waals surface area contributed by atoms with Gasteiger partial charge in [-0.2, -0.15) is 0 Å². The molecule has 0 radical (unpaired) electrons. The third-order valence-electron chi connectivity index (χ3n) is 2.48. The molecule has 2 N–H and O–H groups in total. The number of aliphatic hydroxyl groups is 1. The highest BCUT2D eigenvalue weighted by Gasteiger charge is 2.04. The number of nitrogens with zero attached hydrogens (tertiary/aromatic N) is 1. The van der Waals surface area contributed by atoms with Crippen LogP contribution in [0.25, 0.3) is 0 Å². The fourth-order valence-corrected chi connectivity index (χ4v) is 1.41. The van der Waals surface area contributed by atoms with Crippen molar-refractivity contribution >= 4 is 0 Å². The third-order valence-corrected chi connectivity index (χ3v) is 2.48. The molecule has 0 saturated carbocycles. The topological polar surface area (TPSA) is 37.2 Å². The fraction of sp³-hybridized carbons (Fsp3) is 0.600. The minimum absolute atomic E-state index is 0.199. The van der Waals surface area contributed by atoms with Gasteiger partial charge < -0.3 is 15.0 Å². The van der Waals surface area contributed by atoms with E-state index in [1.165, 1.54) is 17.0 Å². The van der Waals surface area contributed by atoms with E-state index in [1.807, 2.05) is 0 Å². The average molecular weight is 182 g/mol. The normalized spacial score (nSPS) is 10.8. The summed E-state index contributed by atoms with van der Waals surface area (Å²) in [5, 5.41) is 11.8. The highest BCUT2D eigenvalue weighted by atomic mass is 16.3. The zero-order chi connectivity index (χ0) is 9.84. The van der Waals surface area contributed by atoms with Crippen LogP contribution in [0.4, 0.5) is 0 Å². The maximum Gasteiger partial charge on any atom is 0.0556 e. The number of aryl methyl sites for hydroxylation is 1. The SMILES string of the molecule is Cc1cc(CNCCO)c(C)n1C. The van der Waals surface area contributed by atoms with Crippen molar-refractivity contribution in [2.24, 2.45) is 7.05 Å². The Morgan fingerprint density at radius 1 is 1.46 bits per heavy atom. The van der Waals surface area contributed by atoms with Gasteiger partial charge in [0.05, 0.1) is 6.61 Å². The van der Waals surface area contributed by atoms with Crippen molar-refractivity contribution in [3.05, 3.63) is 23.0 Å². The monoisotopic (exact) mass is 182 g/mol. The van der Waals surface area contributed by atoms with Crippen molar-refractivity contribution < 1.29 is 5.11 Å². The van der Waals surface area contributed by atoms with Gasteiger partial charge in [-0.3, -0.25) is 0 Å². The Hall–Kier alpha value is -0.800. The average Bonchev–Trinajstić information content (AvgIpc) is 2.34. The van der Waals surface area contributed by atoms with Crippen molar-refractivity contribution in [3.63, 3.8) is 0 Å². The Labute approximate surface area is 79.4 Å². The highest BCUT2D eigenvalue weighted by molar-refractivity contribution is 5.26. The standard InChI is InChI=1S/C10H18N2O/c1-8-6-10(7-11-4-5-13)9(2)12(8)3/h6,11,13H,4-5,7H2,1-3H3. The second-order valence-corrected chi connectivity index (χ2v) is 3.36. The first-order valence-electron chi connectivity index (χ1n) is 4.60. The van der Waals surface area contributed by atoms with Crippen LogP contribution in [0.15, 0.2) is 6.07 Å². The van der Waals surface area contributed by atoms with E-state index >= 15 is 0 Å². The summed E-state index contributed by atoms with van der Waals surface area (Å²) in [7, 11) is 2.07. The number of nitrogens with one attached hydrogen (secondary N) is 1. The lowest BCUT2D eigenvalue weighted by Crippen LogP contribution is -2.17. The summed E-state index contributed by atoms with van der Waals surface area (Å²) in [5.74, 6) is 0. The molecule has 3 heteroatoms. The Bertz CT molecular complexity index is 279. The molecule has 1 aromatic heterocycles. The van der Waals surface area contributed by atoms with Crippen molar-refractivity contribution in [2.45, 2.75) is 20.4 Å². The summed E-state index contributed by atoms with van der Waals surface area (Å²) in [6.45, 7) is 5.91. The minimum Gasteiger partial charge on any atom is -0.395 e. The summed E-state index contributed by atoms with van der Waals surface area (Å²) in [5.41, 5.74) is 3.88. The molecule has 0 aliphatic rings.